The molecule has 2 heterocycles. The van der Waals surface area contributed by atoms with Crippen LogP contribution in [0.2, 0.25) is 0 Å². The summed E-state index contributed by atoms with van der Waals surface area (Å²) in [6.07, 6.45) is 8.09. The van der Waals surface area contributed by atoms with E-state index in [1.165, 1.54) is 17.2 Å². The van der Waals surface area contributed by atoms with Crippen LogP contribution in [0.25, 0.3) is 5.82 Å². The normalized spacial score (nSPS) is 22.8. The van der Waals surface area contributed by atoms with Crippen LogP contribution in [0.4, 0.5) is 0 Å². The van der Waals surface area contributed by atoms with E-state index in [9.17, 15) is 9.90 Å². The minimum Gasteiger partial charge on any atom is -0.391 e. The van der Waals surface area contributed by atoms with E-state index in [4.69, 9.17) is 0 Å². The Balaban J connectivity index is 1.73. The van der Waals surface area contributed by atoms with Gasteiger partial charge in [-0.25, -0.2) is 0 Å². The van der Waals surface area contributed by atoms with Crippen LogP contribution in [0.15, 0.2) is 12.5 Å². The smallest absolute Gasteiger partial charge is 0.257 e. The quantitative estimate of drug-likeness (QED) is 0.744. The summed E-state index contributed by atoms with van der Waals surface area (Å²) in [5.41, 5.74) is 0.349. The van der Waals surface area contributed by atoms with Crippen molar-refractivity contribution in [3.05, 3.63) is 18.1 Å². The van der Waals surface area contributed by atoms with Crippen LogP contribution < -0.4 is 5.32 Å². The predicted octanol–water partition coefficient (Wildman–Crippen LogP) is 0.199. The van der Waals surface area contributed by atoms with E-state index in [1.54, 1.807) is 0 Å². The summed E-state index contributed by atoms with van der Waals surface area (Å²) in [6, 6.07) is -0.232. The van der Waals surface area contributed by atoms with Gasteiger partial charge in [0.15, 0.2) is 5.82 Å². The lowest BCUT2D eigenvalue weighted by Crippen LogP contribution is -2.44. The van der Waals surface area contributed by atoms with Gasteiger partial charge in [0.25, 0.3) is 5.91 Å². The highest BCUT2D eigenvalue weighted by atomic mass is 16.3. The summed E-state index contributed by atoms with van der Waals surface area (Å²) in [5.74, 6) is 0.117. The van der Waals surface area contributed by atoms with Gasteiger partial charge in [-0.2, -0.15) is 9.78 Å². The topological polar surface area (TPSA) is 122 Å². The molecule has 2 aromatic rings. The summed E-state index contributed by atoms with van der Waals surface area (Å²) >= 11 is 0. The minimum atomic E-state index is -0.507. The Hall–Kier alpha value is -2.29. The SMILES string of the molecule is O=C(N[C@H]1CCCCCC[C@@H]1O)c1cn[nH]c1-n1cnnn1. The first-order valence-electron chi connectivity index (χ1n) is 7.51. The van der Waals surface area contributed by atoms with Gasteiger partial charge < -0.3 is 10.4 Å². The van der Waals surface area contributed by atoms with Crippen LogP contribution in [0.3, 0.4) is 0 Å². The van der Waals surface area contributed by atoms with Crippen molar-refractivity contribution in [3.8, 4) is 5.82 Å². The maximum absolute atomic E-state index is 12.5. The van der Waals surface area contributed by atoms with Crippen LogP contribution in [-0.4, -0.2) is 53.6 Å². The zero-order valence-corrected chi connectivity index (χ0v) is 12.1. The first-order valence-corrected chi connectivity index (χ1v) is 7.51. The molecule has 2 aromatic heterocycles. The molecule has 9 nitrogen and oxygen atoms in total. The van der Waals surface area contributed by atoms with Gasteiger partial charge in [0.2, 0.25) is 0 Å². The number of H-pyrrole nitrogens is 1. The highest BCUT2D eigenvalue weighted by Crippen LogP contribution is 2.18. The number of aliphatic hydroxyl groups is 1. The van der Waals surface area contributed by atoms with Gasteiger partial charge in [-0.05, 0) is 23.3 Å². The van der Waals surface area contributed by atoms with Gasteiger partial charge >= 0.3 is 0 Å². The summed E-state index contributed by atoms with van der Waals surface area (Å²) in [4.78, 5) is 12.5. The number of aromatic nitrogens is 6. The number of aliphatic hydroxyl groups excluding tert-OH is 1. The molecule has 9 heteroatoms. The number of amides is 1. The molecule has 1 aliphatic rings. The molecule has 1 aliphatic carbocycles. The number of nitrogens with one attached hydrogen (secondary N) is 2. The Morgan fingerprint density at radius 3 is 2.91 bits per heavy atom. The van der Waals surface area contributed by atoms with Crippen molar-refractivity contribution < 1.29 is 9.90 Å². The molecule has 0 aromatic carbocycles. The lowest BCUT2D eigenvalue weighted by atomic mass is 9.94. The highest BCUT2D eigenvalue weighted by Gasteiger charge is 2.25. The molecule has 1 saturated carbocycles. The van der Waals surface area contributed by atoms with E-state index >= 15 is 0 Å². The van der Waals surface area contributed by atoms with Crippen molar-refractivity contribution in [2.45, 2.75) is 50.7 Å². The molecule has 1 fully saturated rings. The van der Waals surface area contributed by atoms with Gasteiger partial charge in [-0.15, -0.1) is 5.10 Å². The van der Waals surface area contributed by atoms with Crippen molar-refractivity contribution >= 4 is 5.91 Å². The van der Waals surface area contributed by atoms with Crippen LogP contribution in [-0.2, 0) is 0 Å². The third-order valence-corrected chi connectivity index (χ3v) is 3.99. The number of nitrogens with zero attached hydrogens (tertiary/aromatic N) is 5. The Kier molecular flexibility index (Phi) is 4.42. The van der Waals surface area contributed by atoms with Gasteiger partial charge in [0, 0.05) is 0 Å². The number of hydrogen-bond acceptors (Lipinski definition) is 6. The van der Waals surface area contributed by atoms with E-state index in [0.29, 0.717) is 11.4 Å². The van der Waals surface area contributed by atoms with E-state index < -0.39 is 6.10 Å². The zero-order chi connectivity index (χ0) is 15.4. The molecule has 1 amide bonds. The predicted molar refractivity (Wildman–Crippen MR) is 76.3 cm³/mol. The second kappa shape index (κ2) is 6.65. The van der Waals surface area contributed by atoms with Gasteiger partial charge in [0.05, 0.1) is 18.3 Å². The monoisotopic (exact) mass is 305 g/mol. The number of carbonyl (C=O) groups is 1. The molecule has 3 N–H and O–H groups in total. The lowest BCUT2D eigenvalue weighted by molar-refractivity contribution is 0.0771. The fraction of sp³-hybridized carbons (Fsp3) is 0.615. The van der Waals surface area contributed by atoms with Crippen LogP contribution in [0.5, 0.6) is 0 Å². The van der Waals surface area contributed by atoms with Gasteiger partial charge in [0.1, 0.15) is 11.9 Å². The second-order valence-corrected chi connectivity index (χ2v) is 5.53. The number of aromatic amines is 1. The molecular weight excluding hydrogens is 286 g/mol. The van der Waals surface area contributed by atoms with Gasteiger partial charge in [-0.3, -0.25) is 9.89 Å². The Labute approximate surface area is 127 Å². The average molecular weight is 305 g/mol. The van der Waals surface area contributed by atoms with Crippen molar-refractivity contribution in [1.29, 1.82) is 0 Å². The second-order valence-electron chi connectivity index (χ2n) is 5.53. The minimum absolute atomic E-state index is 0.232. The summed E-state index contributed by atoms with van der Waals surface area (Å²) in [7, 11) is 0. The van der Waals surface area contributed by atoms with Crippen molar-refractivity contribution in [3.63, 3.8) is 0 Å². The number of carbonyl (C=O) groups excluding carboxylic acids is 1. The Bertz CT molecular complexity index is 610. The Morgan fingerprint density at radius 2 is 2.14 bits per heavy atom. The molecule has 2 atom stereocenters. The third-order valence-electron chi connectivity index (χ3n) is 3.99. The summed E-state index contributed by atoms with van der Waals surface area (Å²) in [5, 5.41) is 30.5. The summed E-state index contributed by atoms with van der Waals surface area (Å²) in [6.45, 7) is 0. The molecule has 0 radical (unpaired) electrons. The van der Waals surface area contributed by atoms with Crippen LogP contribution in [0, 0.1) is 0 Å². The molecule has 0 bridgehead atoms. The fourth-order valence-electron chi connectivity index (χ4n) is 2.76. The maximum atomic E-state index is 12.5. The average Bonchev–Trinajstić information content (AvgIpc) is 3.16. The van der Waals surface area contributed by atoms with Gasteiger partial charge in [-0.1, -0.05) is 25.7 Å². The van der Waals surface area contributed by atoms with Crippen molar-refractivity contribution in [1.82, 2.24) is 35.7 Å². The zero-order valence-electron chi connectivity index (χ0n) is 12.1. The lowest BCUT2D eigenvalue weighted by Gasteiger charge is -2.26. The summed E-state index contributed by atoms with van der Waals surface area (Å²) < 4.78 is 1.34. The Morgan fingerprint density at radius 1 is 1.32 bits per heavy atom. The largest absolute Gasteiger partial charge is 0.391 e. The van der Waals surface area contributed by atoms with Crippen molar-refractivity contribution in [2.24, 2.45) is 0 Å². The highest BCUT2D eigenvalue weighted by molar-refractivity contribution is 5.97. The van der Waals surface area contributed by atoms with E-state index in [-0.39, 0.29) is 11.9 Å². The fourth-order valence-corrected chi connectivity index (χ4v) is 2.76. The molecule has 3 rings (SSSR count). The molecule has 22 heavy (non-hydrogen) atoms. The van der Waals surface area contributed by atoms with E-state index in [0.717, 1.165) is 38.5 Å². The van der Waals surface area contributed by atoms with Crippen LogP contribution in [0.1, 0.15) is 48.9 Å². The van der Waals surface area contributed by atoms with Crippen LogP contribution >= 0.6 is 0 Å². The standard InChI is InChI=1S/C13H19N7O2/c21-11-6-4-2-1-3-5-10(11)16-13(22)9-7-14-17-12(9)20-8-15-18-19-20/h7-8,10-11,21H,1-6H2,(H,14,17)(H,16,22)/t10-,11-/m0/s1. The third kappa shape index (κ3) is 3.14. The molecule has 0 unspecified atom stereocenters. The molecule has 0 spiro atoms. The number of tetrazole rings is 1. The first kappa shape index (κ1) is 14.6. The van der Waals surface area contributed by atoms with E-state index in [1.807, 2.05) is 0 Å². The number of hydrogen-bond donors (Lipinski definition) is 3. The molecular formula is C13H19N7O2. The first-order chi connectivity index (χ1) is 10.8. The van der Waals surface area contributed by atoms with Crippen molar-refractivity contribution in [2.75, 3.05) is 0 Å². The number of rotatable bonds is 3. The molecule has 0 saturated heterocycles. The van der Waals surface area contributed by atoms with E-state index in [2.05, 4.69) is 31.0 Å². The molecule has 0 aliphatic heterocycles. The maximum Gasteiger partial charge on any atom is 0.257 e. The molecule has 118 valence electrons.